The molecule has 0 radical (unpaired) electrons. The molecule has 0 bridgehead atoms. The number of aromatic amines is 1. The Hall–Kier alpha value is -2.24. The summed E-state index contributed by atoms with van der Waals surface area (Å²) in [5.41, 5.74) is 6.98. The van der Waals surface area contributed by atoms with Crippen LogP contribution in [0.15, 0.2) is 24.7 Å². The zero-order valence-electron chi connectivity index (χ0n) is 11.9. The summed E-state index contributed by atoms with van der Waals surface area (Å²) in [6, 6.07) is 1.91. The molecule has 1 amide bonds. The number of imidazole rings is 1. The number of nitrogens with zero attached hydrogens (tertiary/aromatic N) is 2. The van der Waals surface area contributed by atoms with Crippen LogP contribution in [0, 0.1) is 0 Å². The minimum Gasteiger partial charge on any atom is -0.397 e. The van der Waals surface area contributed by atoms with Crippen LogP contribution in [0.25, 0.3) is 0 Å². The van der Waals surface area contributed by atoms with E-state index in [0.29, 0.717) is 17.9 Å². The van der Waals surface area contributed by atoms with Gasteiger partial charge in [-0.05, 0) is 26.3 Å². The molecule has 0 aliphatic rings. The van der Waals surface area contributed by atoms with E-state index >= 15 is 0 Å². The van der Waals surface area contributed by atoms with Gasteiger partial charge in [0.1, 0.15) is 11.5 Å². The number of rotatable bonds is 6. The maximum absolute atomic E-state index is 12.1. The number of nitrogens with two attached hydrogens (primary N) is 1. The van der Waals surface area contributed by atoms with Crippen molar-refractivity contribution >= 4 is 11.6 Å². The van der Waals surface area contributed by atoms with Crippen molar-refractivity contribution in [2.75, 3.05) is 12.3 Å². The van der Waals surface area contributed by atoms with Crippen LogP contribution in [0.2, 0.25) is 0 Å². The van der Waals surface area contributed by atoms with Gasteiger partial charge in [-0.15, -0.1) is 0 Å². The Morgan fingerprint density at radius 1 is 1.55 bits per heavy atom. The van der Waals surface area contributed by atoms with Gasteiger partial charge in [-0.1, -0.05) is 0 Å². The fourth-order valence-corrected chi connectivity index (χ4v) is 2.09. The Bertz CT molecular complexity index is 556. The van der Waals surface area contributed by atoms with Gasteiger partial charge in [-0.25, -0.2) is 4.98 Å². The third-order valence-electron chi connectivity index (χ3n) is 3.09. The highest BCUT2D eigenvalue weighted by molar-refractivity contribution is 5.93. The van der Waals surface area contributed by atoms with E-state index < -0.39 is 0 Å². The number of nitrogen functional groups attached to an aromatic ring is 1. The maximum atomic E-state index is 12.1. The standard InChI is InChI=1S/C14H21N5O/c1-10(2)19-9-11(15)8-12(19)14(20)18-5-3-4-13-16-6-7-17-13/h6-10H,3-5,15H2,1-2H3,(H,16,17)(H,18,20). The lowest BCUT2D eigenvalue weighted by Gasteiger charge is -2.12. The van der Waals surface area contributed by atoms with Crippen molar-refractivity contribution in [3.8, 4) is 0 Å². The van der Waals surface area contributed by atoms with E-state index in [1.807, 2.05) is 18.4 Å². The zero-order valence-corrected chi connectivity index (χ0v) is 11.9. The number of nitrogens with one attached hydrogen (secondary N) is 2. The smallest absolute Gasteiger partial charge is 0.267 e. The molecule has 0 aliphatic heterocycles. The van der Waals surface area contributed by atoms with Gasteiger partial charge in [0.15, 0.2) is 0 Å². The number of aryl methyl sites for hydroxylation is 1. The molecule has 0 aromatic carbocycles. The molecule has 0 spiro atoms. The molecule has 2 aromatic rings. The average Bonchev–Trinajstić information content (AvgIpc) is 3.03. The van der Waals surface area contributed by atoms with E-state index in [-0.39, 0.29) is 11.9 Å². The van der Waals surface area contributed by atoms with E-state index in [2.05, 4.69) is 15.3 Å². The molecule has 20 heavy (non-hydrogen) atoms. The normalized spacial score (nSPS) is 10.9. The summed E-state index contributed by atoms with van der Waals surface area (Å²) in [7, 11) is 0. The molecule has 2 rings (SSSR count). The van der Waals surface area contributed by atoms with Gasteiger partial charge in [0.05, 0.1) is 5.69 Å². The summed E-state index contributed by atoms with van der Waals surface area (Å²) in [4.78, 5) is 19.3. The number of hydrogen-bond donors (Lipinski definition) is 3. The maximum Gasteiger partial charge on any atom is 0.267 e. The van der Waals surface area contributed by atoms with Crippen LogP contribution in [0.4, 0.5) is 5.69 Å². The lowest BCUT2D eigenvalue weighted by molar-refractivity contribution is 0.0942. The highest BCUT2D eigenvalue weighted by Gasteiger charge is 2.14. The van der Waals surface area contributed by atoms with Gasteiger partial charge >= 0.3 is 0 Å². The number of H-pyrrole nitrogens is 1. The van der Waals surface area contributed by atoms with Crippen molar-refractivity contribution in [3.05, 3.63) is 36.2 Å². The number of amides is 1. The molecule has 6 heteroatoms. The molecule has 2 aromatic heterocycles. The first-order chi connectivity index (χ1) is 9.58. The van der Waals surface area contributed by atoms with Crippen molar-refractivity contribution < 1.29 is 4.79 Å². The number of carbonyl (C=O) groups is 1. The molecule has 0 saturated carbocycles. The van der Waals surface area contributed by atoms with Crippen molar-refractivity contribution in [3.63, 3.8) is 0 Å². The van der Waals surface area contributed by atoms with Crippen LogP contribution in [0.5, 0.6) is 0 Å². The largest absolute Gasteiger partial charge is 0.397 e. The molecule has 0 fully saturated rings. The molecule has 0 aliphatic carbocycles. The predicted molar refractivity (Wildman–Crippen MR) is 78.5 cm³/mol. The second-order valence-electron chi connectivity index (χ2n) is 5.06. The summed E-state index contributed by atoms with van der Waals surface area (Å²) < 4.78 is 1.89. The fraction of sp³-hybridized carbons (Fsp3) is 0.429. The second kappa shape index (κ2) is 6.27. The number of carbonyl (C=O) groups excluding carboxylic acids is 1. The molecule has 0 atom stereocenters. The minimum atomic E-state index is -0.0881. The molecular weight excluding hydrogens is 254 g/mol. The molecule has 6 nitrogen and oxygen atoms in total. The fourth-order valence-electron chi connectivity index (χ4n) is 2.09. The quantitative estimate of drug-likeness (QED) is 0.701. The SMILES string of the molecule is CC(C)n1cc(N)cc1C(=O)NCCCc1ncc[nH]1. The first-order valence-corrected chi connectivity index (χ1v) is 6.81. The van der Waals surface area contributed by atoms with Crippen LogP contribution in [0.3, 0.4) is 0 Å². The van der Waals surface area contributed by atoms with Gasteiger partial charge < -0.3 is 20.6 Å². The van der Waals surface area contributed by atoms with Crippen LogP contribution < -0.4 is 11.1 Å². The number of hydrogen-bond acceptors (Lipinski definition) is 3. The van der Waals surface area contributed by atoms with E-state index in [4.69, 9.17) is 5.73 Å². The van der Waals surface area contributed by atoms with Gasteiger partial charge in [-0.3, -0.25) is 4.79 Å². The molecule has 0 unspecified atom stereocenters. The van der Waals surface area contributed by atoms with Crippen LogP contribution >= 0.6 is 0 Å². The summed E-state index contributed by atoms with van der Waals surface area (Å²) >= 11 is 0. The highest BCUT2D eigenvalue weighted by atomic mass is 16.1. The van der Waals surface area contributed by atoms with Crippen molar-refractivity contribution in [1.82, 2.24) is 19.9 Å². The molecule has 108 valence electrons. The Kier molecular flexibility index (Phi) is 4.45. The predicted octanol–water partition coefficient (Wildman–Crippen LogP) is 1.74. The first-order valence-electron chi connectivity index (χ1n) is 6.81. The van der Waals surface area contributed by atoms with Crippen LogP contribution in [0.1, 0.15) is 42.6 Å². The second-order valence-corrected chi connectivity index (χ2v) is 5.06. The third-order valence-corrected chi connectivity index (χ3v) is 3.09. The van der Waals surface area contributed by atoms with Crippen molar-refractivity contribution in [2.24, 2.45) is 0 Å². The van der Waals surface area contributed by atoms with E-state index in [1.165, 1.54) is 0 Å². The summed E-state index contributed by atoms with van der Waals surface area (Å²) in [6.07, 6.45) is 6.98. The molecule has 4 N–H and O–H groups in total. The lowest BCUT2D eigenvalue weighted by atomic mass is 10.3. The molecular formula is C14H21N5O. The number of aromatic nitrogens is 3. The Morgan fingerprint density at radius 3 is 3.00 bits per heavy atom. The Morgan fingerprint density at radius 2 is 2.35 bits per heavy atom. The first kappa shape index (κ1) is 14.2. The van der Waals surface area contributed by atoms with Crippen molar-refractivity contribution in [1.29, 1.82) is 0 Å². The highest BCUT2D eigenvalue weighted by Crippen LogP contribution is 2.16. The number of anilines is 1. The Labute approximate surface area is 118 Å². The van der Waals surface area contributed by atoms with Crippen LogP contribution in [-0.4, -0.2) is 27.0 Å². The summed E-state index contributed by atoms with van der Waals surface area (Å²) in [5, 5.41) is 2.91. The van der Waals surface area contributed by atoms with E-state index in [1.54, 1.807) is 24.7 Å². The zero-order chi connectivity index (χ0) is 14.5. The molecule has 2 heterocycles. The van der Waals surface area contributed by atoms with Crippen LogP contribution in [-0.2, 0) is 6.42 Å². The summed E-state index contributed by atoms with van der Waals surface area (Å²) in [6.45, 7) is 4.66. The average molecular weight is 275 g/mol. The van der Waals surface area contributed by atoms with Gasteiger partial charge in [0, 0.05) is 37.6 Å². The molecule has 0 saturated heterocycles. The minimum absolute atomic E-state index is 0.0881. The monoisotopic (exact) mass is 275 g/mol. The lowest BCUT2D eigenvalue weighted by Crippen LogP contribution is -2.27. The van der Waals surface area contributed by atoms with E-state index in [0.717, 1.165) is 18.7 Å². The van der Waals surface area contributed by atoms with E-state index in [9.17, 15) is 4.79 Å². The van der Waals surface area contributed by atoms with Crippen molar-refractivity contribution in [2.45, 2.75) is 32.7 Å². The van der Waals surface area contributed by atoms with Gasteiger partial charge in [0.25, 0.3) is 5.91 Å². The Balaban J connectivity index is 1.85. The van der Waals surface area contributed by atoms with Gasteiger partial charge in [-0.2, -0.15) is 0 Å². The summed E-state index contributed by atoms with van der Waals surface area (Å²) in [5.74, 6) is 0.851. The third kappa shape index (κ3) is 3.40. The topological polar surface area (TPSA) is 88.7 Å². The van der Waals surface area contributed by atoms with Gasteiger partial charge in [0.2, 0.25) is 0 Å².